The molecule has 126 valence electrons. The lowest BCUT2D eigenvalue weighted by atomic mass is 10.2. The van der Waals surface area contributed by atoms with Crippen LogP contribution in [0.3, 0.4) is 0 Å². The first-order valence-electron chi connectivity index (χ1n) is 7.41. The highest BCUT2D eigenvalue weighted by Gasteiger charge is 2.20. The zero-order chi connectivity index (χ0) is 16.8. The van der Waals surface area contributed by atoms with Crippen LogP contribution in [-0.4, -0.2) is 46.2 Å². The van der Waals surface area contributed by atoms with Gasteiger partial charge < -0.3 is 19.0 Å². The van der Waals surface area contributed by atoms with Gasteiger partial charge >= 0.3 is 0 Å². The van der Waals surface area contributed by atoms with Crippen LogP contribution >= 0.6 is 11.8 Å². The Hall–Kier alpha value is -1.80. The van der Waals surface area contributed by atoms with Crippen LogP contribution in [0.4, 0.5) is 0 Å². The number of nitrogens with zero attached hydrogens (tertiary/aromatic N) is 3. The number of aromatic nitrogens is 3. The smallest absolute Gasteiger partial charge is 0.233 e. The normalized spacial score (nSPS) is 12.3. The third-order valence-corrected chi connectivity index (χ3v) is 4.54. The Labute approximate surface area is 139 Å². The minimum atomic E-state index is -0.251. The molecule has 1 N–H and O–H groups in total. The van der Waals surface area contributed by atoms with Crippen LogP contribution < -0.4 is 5.32 Å². The lowest BCUT2D eigenvalue weighted by molar-refractivity contribution is -0.120. The highest BCUT2D eigenvalue weighted by molar-refractivity contribution is 8.00. The molecule has 2 rings (SSSR count). The number of carbonyl (C=O) groups is 1. The number of thioether (sulfide) groups is 1. The van der Waals surface area contributed by atoms with Gasteiger partial charge in [-0.15, -0.1) is 10.2 Å². The lowest BCUT2D eigenvalue weighted by Gasteiger charge is -2.11. The van der Waals surface area contributed by atoms with E-state index in [0.29, 0.717) is 18.3 Å². The molecule has 7 nitrogen and oxygen atoms in total. The Morgan fingerprint density at radius 1 is 1.52 bits per heavy atom. The second-order valence-electron chi connectivity index (χ2n) is 5.15. The molecule has 2 aromatic rings. The molecule has 0 bridgehead atoms. The molecule has 23 heavy (non-hydrogen) atoms. The van der Waals surface area contributed by atoms with Crippen LogP contribution in [0.15, 0.2) is 21.9 Å². The monoisotopic (exact) mass is 338 g/mol. The van der Waals surface area contributed by atoms with Gasteiger partial charge in [0.25, 0.3) is 0 Å². The number of rotatable bonds is 8. The van der Waals surface area contributed by atoms with Crippen molar-refractivity contribution in [3.8, 4) is 11.4 Å². The van der Waals surface area contributed by atoms with Gasteiger partial charge in [0.15, 0.2) is 11.0 Å². The van der Waals surface area contributed by atoms with Crippen molar-refractivity contribution in [3.63, 3.8) is 0 Å². The van der Waals surface area contributed by atoms with Crippen molar-refractivity contribution in [3.05, 3.63) is 18.1 Å². The predicted octanol–water partition coefficient (Wildman–Crippen LogP) is 2.02. The zero-order valence-corrected chi connectivity index (χ0v) is 14.6. The summed E-state index contributed by atoms with van der Waals surface area (Å²) in [6, 6.07) is 1.86. The Kier molecular flexibility index (Phi) is 6.23. The molecule has 0 spiro atoms. The fraction of sp³-hybridized carbons (Fsp3) is 0.533. The van der Waals surface area contributed by atoms with Gasteiger partial charge in [0.05, 0.1) is 17.1 Å². The molecule has 0 aromatic carbocycles. The lowest BCUT2D eigenvalue weighted by Crippen LogP contribution is -2.32. The summed E-state index contributed by atoms with van der Waals surface area (Å²) in [5.41, 5.74) is 0.906. The molecule has 1 atom stereocenters. The van der Waals surface area contributed by atoms with Gasteiger partial charge in [-0.1, -0.05) is 11.8 Å². The van der Waals surface area contributed by atoms with Gasteiger partial charge in [-0.3, -0.25) is 4.79 Å². The van der Waals surface area contributed by atoms with Crippen molar-refractivity contribution in [1.29, 1.82) is 0 Å². The maximum Gasteiger partial charge on any atom is 0.233 e. The zero-order valence-electron chi connectivity index (χ0n) is 13.8. The highest BCUT2D eigenvalue weighted by atomic mass is 32.2. The van der Waals surface area contributed by atoms with E-state index in [-0.39, 0.29) is 11.2 Å². The van der Waals surface area contributed by atoms with Crippen LogP contribution in [0, 0.1) is 6.92 Å². The van der Waals surface area contributed by atoms with Crippen LogP contribution in [0.2, 0.25) is 0 Å². The highest BCUT2D eigenvalue weighted by Crippen LogP contribution is 2.27. The molecule has 1 unspecified atom stereocenters. The first-order chi connectivity index (χ1) is 11.0. The molecular formula is C15H22N4O3S. The summed E-state index contributed by atoms with van der Waals surface area (Å²) >= 11 is 1.38. The molecule has 0 aliphatic heterocycles. The molecule has 1 amide bonds. The van der Waals surface area contributed by atoms with Crippen molar-refractivity contribution in [2.45, 2.75) is 30.7 Å². The Bertz CT molecular complexity index is 653. The fourth-order valence-corrected chi connectivity index (χ4v) is 2.89. The van der Waals surface area contributed by atoms with Crippen molar-refractivity contribution in [2.24, 2.45) is 7.05 Å². The number of hydrogen-bond acceptors (Lipinski definition) is 6. The maximum atomic E-state index is 12.1. The Balaban J connectivity index is 1.97. The summed E-state index contributed by atoms with van der Waals surface area (Å²) in [6.07, 6.45) is 2.43. The van der Waals surface area contributed by atoms with Gasteiger partial charge in [-0.25, -0.2) is 0 Å². The summed E-state index contributed by atoms with van der Waals surface area (Å²) < 4.78 is 12.1. The third-order valence-electron chi connectivity index (χ3n) is 3.41. The molecule has 8 heteroatoms. The number of methoxy groups -OCH3 is 1. The quantitative estimate of drug-likeness (QED) is 0.586. The molecular weight excluding hydrogens is 316 g/mol. The number of carbonyl (C=O) groups excluding carboxylic acids is 1. The van der Waals surface area contributed by atoms with Crippen LogP contribution in [0.1, 0.15) is 19.1 Å². The van der Waals surface area contributed by atoms with Crippen molar-refractivity contribution in [2.75, 3.05) is 20.3 Å². The summed E-state index contributed by atoms with van der Waals surface area (Å²) in [7, 11) is 3.53. The number of amides is 1. The third kappa shape index (κ3) is 4.35. The second kappa shape index (κ2) is 8.16. The van der Waals surface area contributed by atoms with E-state index in [2.05, 4.69) is 15.5 Å². The van der Waals surface area contributed by atoms with Gasteiger partial charge in [0.1, 0.15) is 5.76 Å². The molecule has 0 radical (unpaired) electrons. The molecule has 0 aliphatic carbocycles. The second-order valence-corrected chi connectivity index (χ2v) is 6.46. The number of ether oxygens (including phenoxy) is 1. The van der Waals surface area contributed by atoms with Crippen LogP contribution in [0.25, 0.3) is 11.4 Å². The first-order valence-corrected chi connectivity index (χ1v) is 8.29. The van der Waals surface area contributed by atoms with E-state index >= 15 is 0 Å². The van der Waals surface area contributed by atoms with Crippen LogP contribution in [-0.2, 0) is 16.6 Å². The van der Waals surface area contributed by atoms with Crippen molar-refractivity contribution < 1.29 is 13.9 Å². The van der Waals surface area contributed by atoms with E-state index in [4.69, 9.17) is 9.15 Å². The van der Waals surface area contributed by atoms with Crippen LogP contribution in [0.5, 0.6) is 0 Å². The van der Waals surface area contributed by atoms with Gasteiger partial charge in [0, 0.05) is 27.3 Å². The van der Waals surface area contributed by atoms with Gasteiger partial charge in [-0.2, -0.15) is 0 Å². The average Bonchev–Trinajstić information content (AvgIpc) is 3.10. The Morgan fingerprint density at radius 2 is 2.30 bits per heavy atom. The molecule has 2 aromatic heterocycles. The van der Waals surface area contributed by atoms with Gasteiger partial charge in [-0.05, 0) is 26.3 Å². The maximum absolute atomic E-state index is 12.1. The van der Waals surface area contributed by atoms with E-state index < -0.39 is 0 Å². The SMILES string of the molecule is COCCCNC(=O)C(C)Sc1nnc(-c2ccoc2C)n1C. The van der Waals surface area contributed by atoms with Crippen molar-refractivity contribution >= 4 is 17.7 Å². The van der Waals surface area contributed by atoms with Crippen molar-refractivity contribution in [1.82, 2.24) is 20.1 Å². The number of nitrogens with one attached hydrogen (secondary N) is 1. The summed E-state index contributed by atoms with van der Waals surface area (Å²) in [5.74, 6) is 1.50. The summed E-state index contributed by atoms with van der Waals surface area (Å²) in [5, 5.41) is 11.7. The standard InChI is InChI=1S/C15H22N4O3S/c1-10-12(6-9-22-10)13-17-18-15(19(13)3)23-11(2)14(20)16-7-5-8-21-4/h6,9,11H,5,7-8H2,1-4H3,(H,16,20). The molecule has 0 saturated carbocycles. The van der Waals surface area contributed by atoms with E-state index in [1.807, 2.05) is 31.5 Å². The minimum Gasteiger partial charge on any atom is -0.469 e. The molecule has 0 fully saturated rings. The van der Waals surface area contributed by atoms with E-state index in [0.717, 1.165) is 23.6 Å². The van der Waals surface area contributed by atoms with Gasteiger partial charge in [0.2, 0.25) is 5.91 Å². The molecule has 2 heterocycles. The Morgan fingerprint density at radius 3 is 2.96 bits per heavy atom. The minimum absolute atomic E-state index is 0.0184. The van der Waals surface area contributed by atoms with E-state index in [9.17, 15) is 4.79 Å². The summed E-state index contributed by atoms with van der Waals surface area (Å²) in [4.78, 5) is 12.1. The molecule has 0 saturated heterocycles. The number of aryl methyl sites for hydroxylation is 1. The summed E-state index contributed by atoms with van der Waals surface area (Å²) in [6.45, 7) is 4.98. The number of furan rings is 1. The van der Waals surface area contributed by atoms with E-state index in [1.54, 1.807) is 13.4 Å². The van der Waals surface area contributed by atoms with E-state index in [1.165, 1.54) is 11.8 Å². The first kappa shape index (κ1) is 17.6. The predicted molar refractivity (Wildman–Crippen MR) is 88.3 cm³/mol. The average molecular weight is 338 g/mol. The number of hydrogen-bond donors (Lipinski definition) is 1. The topological polar surface area (TPSA) is 82.2 Å². The molecule has 0 aliphatic rings. The fourth-order valence-electron chi connectivity index (χ4n) is 2.05. The largest absolute Gasteiger partial charge is 0.469 e.